The highest BCUT2D eigenvalue weighted by atomic mass is 32.2. The van der Waals surface area contributed by atoms with Crippen molar-refractivity contribution in [2.45, 2.75) is 5.03 Å². The lowest BCUT2D eigenvalue weighted by Gasteiger charge is -1.99. The molecule has 2 heterocycles. The van der Waals surface area contributed by atoms with Crippen LogP contribution in [0.3, 0.4) is 0 Å². The molecule has 0 spiro atoms. The van der Waals surface area contributed by atoms with E-state index >= 15 is 0 Å². The molecule has 0 atom stereocenters. The first-order valence-electron chi connectivity index (χ1n) is 3.96. The van der Waals surface area contributed by atoms with Crippen molar-refractivity contribution in [1.82, 2.24) is 15.1 Å². The zero-order valence-corrected chi connectivity index (χ0v) is 8.41. The van der Waals surface area contributed by atoms with Gasteiger partial charge >= 0.3 is 0 Å². The van der Waals surface area contributed by atoms with Gasteiger partial charge in [-0.3, -0.25) is 0 Å². The van der Waals surface area contributed by atoms with Crippen molar-refractivity contribution in [3.8, 4) is 11.5 Å². The van der Waals surface area contributed by atoms with Crippen LogP contribution in [0.2, 0.25) is 0 Å². The van der Waals surface area contributed by atoms with E-state index in [0.29, 0.717) is 11.7 Å². The van der Waals surface area contributed by atoms with Crippen LogP contribution in [0, 0.1) is 6.92 Å². The summed E-state index contributed by atoms with van der Waals surface area (Å²) in [5, 5.41) is 4.51. The number of hydrogen-bond acceptors (Lipinski definition) is 5. The highest BCUT2D eigenvalue weighted by molar-refractivity contribution is 7.98. The van der Waals surface area contributed by atoms with Gasteiger partial charge in [-0.25, -0.2) is 4.98 Å². The molecule has 0 aliphatic carbocycles. The summed E-state index contributed by atoms with van der Waals surface area (Å²) in [6.07, 6.45) is 3.68. The van der Waals surface area contributed by atoms with Gasteiger partial charge < -0.3 is 4.52 Å². The molecule has 0 amide bonds. The van der Waals surface area contributed by atoms with Crippen LogP contribution in [0.15, 0.2) is 27.9 Å². The molecule has 5 heteroatoms. The van der Waals surface area contributed by atoms with E-state index in [1.165, 1.54) is 0 Å². The largest absolute Gasteiger partial charge is 0.334 e. The molecule has 0 N–H and O–H groups in total. The molecule has 2 rings (SSSR count). The smallest absolute Gasteiger partial charge is 0.260 e. The molecule has 0 saturated carbocycles. The Kier molecular flexibility index (Phi) is 2.49. The van der Waals surface area contributed by atoms with Crippen molar-refractivity contribution in [1.29, 1.82) is 0 Å². The summed E-state index contributed by atoms with van der Waals surface area (Å²) in [5.41, 5.74) is 0.849. The summed E-state index contributed by atoms with van der Waals surface area (Å²) in [4.78, 5) is 8.24. The van der Waals surface area contributed by atoms with Gasteiger partial charge in [0.2, 0.25) is 0 Å². The minimum atomic E-state index is 0.385. The van der Waals surface area contributed by atoms with E-state index in [4.69, 9.17) is 4.52 Å². The number of aromatic nitrogens is 3. The van der Waals surface area contributed by atoms with Gasteiger partial charge in [0.15, 0.2) is 5.82 Å². The average molecular weight is 206 g/mol. The van der Waals surface area contributed by atoms with Gasteiger partial charge in [0.1, 0.15) is 5.03 Å². The second kappa shape index (κ2) is 3.79. The lowest BCUT2D eigenvalue weighted by atomic mass is 10.3. The van der Waals surface area contributed by atoms with E-state index in [0.717, 1.165) is 10.6 Å². The standard InChI is InChI=1S/C9H8N3OS/c1-6-11-8(13-12-6)7-4-3-5-10-9(7)14-2/h3-5H,1H2,2H3. The number of hydrogen-bond donors (Lipinski definition) is 0. The van der Waals surface area contributed by atoms with Crippen molar-refractivity contribution < 1.29 is 4.52 Å². The summed E-state index contributed by atoms with van der Waals surface area (Å²) >= 11 is 1.54. The predicted octanol–water partition coefficient (Wildman–Crippen LogP) is 2.04. The van der Waals surface area contributed by atoms with Crippen LogP contribution >= 0.6 is 11.8 Å². The fraction of sp³-hybridized carbons (Fsp3) is 0.111. The minimum absolute atomic E-state index is 0.385. The molecule has 0 unspecified atom stereocenters. The molecular weight excluding hydrogens is 198 g/mol. The van der Waals surface area contributed by atoms with E-state index in [-0.39, 0.29) is 0 Å². The summed E-state index contributed by atoms with van der Waals surface area (Å²) < 4.78 is 5.02. The van der Waals surface area contributed by atoms with E-state index in [1.54, 1.807) is 18.0 Å². The number of pyridine rings is 1. The van der Waals surface area contributed by atoms with Gasteiger partial charge in [0, 0.05) is 13.1 Å². The molecule has 0 aliphatic rings. The van der Waals surface area contributed by atoms with Gasteiger partial charge in [-0.2, -0.15) is 4.98 Å². The number of thioether (sulfide) groups is 1. The zero-order chi connectivity index (χ0) is 9.97. The maximum Gasteiger partial charge on any atom is 0.260 e. The maximum absolute atomic E-state index is 5.02. The van der Waals surface area contributed by atoms with Crippen molar-refractivity contribution in [2.75, 3.05) is 6.26 Å². The van der Waals surface area contributed by atoms with Crippen LogP contribution in [0.5, 0.6) is 0 Å². The number of rotatable bonds is 2. The summed E-state index contributed by atoms with van der Waals surface area (Å²) in [5.74, 6) is 0.850. The molecule has 14 heavy (non-hydrogen) atoms. The molecule has 2 aromatic rings. The van der Waals surface area contributed by atoms with Crippen LogP contribution in [0.1, 0.15) is 5.82 Å². The average Bonchev–Trinajstić information content (AvgIpc) is 2.65. The van der Waals surface area contributed by atoms with Crippen molar-refractivity contribution in [3.63, 3.8) is 0 Å². The van der Waals surface area contributed by atoms with Crippen LogP contribution in [0.25, 0.3) is 11.5 Å². The highest BCUT2D eigenvalue weighted by Crippen LogP contribution is 2.26. The molecule has 0 fully saturated rings. The van der Waals surface area contributed by atoms with Crippen molar-refractivity contribution in [3.05, 3.63) is 31.1 Å². The first-order valence-corrected chi connectivity index (χ1v) is 5.19. The molecular formula is C9H8N3OS. The Morgan fingerprint density at radius 2 is 2.36 bits per heavy atom. The molecule has 4 nitrogen and oxygen atoms in total. The Morgan fingerprint density at radius 1 is 1.50 bits per heavy atom. The fourth-order valence-corrected chi connectivity index (χ4v) is 1.62. The van der Waals surface area contributed by atoms with Gasteiger partial charge in [0.25, 0.3) is 5.89 Å². The van der Waals surface area contributed by atoms with E-state index < -0.39 is 0 Å². The zero-order valence-electron chi connectivity index (χ0n) is 7.60. The summed E-state index contributed by atoms with van der Waals surface area (Å²) in [6.45, 7) is 3.58. The van der Waals surface area contributed by atoms with Crippen LogP contribution < -0.4 is 0 Å². The Labute approximate surface area is 85.7 Å². The monoisotopic (exact) mass is 206 g/mol. The van der Waals surface area contributed by atoms with E-state index in [2.05, 4.69) is 22.0 Å². The normalized spacial score (nSPS) is 10.4. The Balaban J connectivity index is 2.50. The van der Waals surface area contributed by atoms with E-state index in [1.807, 2.05) is 18.4 Å². The first-order chi connectivity index (χ1) is 6.81. The second-order valence-corrected chi connectivity index (χ2v) is 3.37. The Hall–Kier alpha value is -1.36. The van der Waals surface area contributed by atoms with Crippen molar-refractivity contribution in [2.24, 2.45) is 0 Å². The molecule has 1 radical (unpaired) electrons. The summed E-state index contributed by atoms with van der Waals surface area (Å²) in [6, 6.07) is 3.73. The fourth-order valence-electron chi connectivity index (χ4n) is 1.08. The SMILES string of the molecule is [CH2]c1noc(-c2cccnc2SC)n1. The van der Waals surface area contributed by atoms with Gasteiger partial charge in [-0.1, -0.05) is 5.16 Å². The van der Waals surface area contributed by atoms with Crippen LogP contribution in [-0.4, -0.2) is 21.4 Å². The van der Waals surface area contributed by atoms with Gasteiger partial charge in [0.05, 0.1) is 5.56 Å². The quantitative estimate of drug-likeness (QED) is 0.704. The Bertz CT molecular complexity index is 441. The third-order valence-corrected chi connectivity index (χ3v) is 2.38. The number of nitrogens with zero attached hydrogens (tertiary/aromatic N) is 3. The third kappa shape index (κ3) is 1.63. The molecule has 0 bridgehead atoms. The predicted molar refractivity (Wildman–Crippen MR) is 53.8 cm³/mol. The van der Waals surface area contributed by atoms with Crippen LogP contribution in [0.4, 0.5) is 0 Å². The molecule has 0 aliphatic heterocycles. The highest BCUT2D eigenvalue weighted by Gasteiger charge is 2.10. The molecule has 2 aromatic heterocycles. The Morgan fingerprint density at radius 3 is 3.00 bits per heavy atom. The lowest BCUT2D eigenvalue weighted by molar-refractivity contribution is 0.426. The topological polar surface area (TPSA) is 51.8 Å². The first kappa shape index (κ1) is 9.21. The third-order valence-electron chi connectivity index (χ3n) is 1.66. The minimum Gasteiger partial charge on any atom is -0.334 e. The lowest BCUT2D eigenvalue weighted by Crippen LogP contribution is -1.85. The van der Waals surface area contributed by atoms with Gasteiger partial charge in [-0.15, -0.1) is 11.8 Å². The summed E-state index contributed by atoms with van der Waals surface area (Å²) in [7, 11) is 0. The van der Waals surface area contributed by atoms with Gasteiger partial charge in [-0.05, 0) is 18.4 Å². The second-order valence-electron chi connectivity index (χ2n) is 2.58. The molecule has 71 valence electrons. The van der Waals surface area contributed by atoms with Crippen molar-refractivity contribution >= 4 is 11.8 Å². The van der Waals surface area contributed by atoms with Crippen LogP contribution in [-0.2, 0) is 0 Å². The maximum atomic E-state index is 5.02. The molecule has 0 aromatic carbocycles. The molecule has 0 saturated heterocycles. The van der Waals surface area contributed by atoms with E-state index in [9.17, 15) is 0 Å².